The Balaban J connectivity index is 2.30. The molecule has 1 N–H and O–H groups in total. The van der Waals surface area contributed by atoms with E-state index in [-0.39, 0.29) is 16.5 Å². The first-order valence-corrected chi connectivity index (χ1v) is 7.50. The molecule has 0 aromatic heterocycles. The van der Waals surface area contributed by atoms with Gasteiger partial charge in [0.05, 0.1) is 16.8 Å². The summed E-state index contributed by atoms with van der Waals surface area (Å²) in [6.45, 7) is 6.54. The Hall–Kier alpha value is -1.54. The molecule has 0 bridgehead atoms. The average Bonchev–Trinajstić information content (AvgIpc) is 2.42. The molecule has 0 saturated carbocycles. The lowest BCUT2D eigenvalue weighted by atomic mass is 9.85. The van der Waals surface area contributed by atoms with Gasteiger partial charge in [-0.15, -0.1) is 0 Å². The van der Waals surface area contributed by atoms with Crippen molar-refractivity contribution < 1.29 is 4.39 Å². The summed E-state index contributed by atoms with van der Waals surface area (Å²) in [4.78, 5) is 0. The quantitative estimate of drug-likeness (QED) is 0.723. The van der Waals surface area contributed by atoms with E-state index in [1.54, 1.807) is 18.2 Å². The molecule has 2 aromatic carbocycles. The van der Waals surface area contributed by atoms with Crippen molar-refractivity contribution in [3.63, 3.8) is 0 Å². The van der Waals surface area contributed by atoms with Crippen LogP contribution in [0.25, 0.3) is 0 Å². The van der Waals surface area contributed by atoms with Gasteiger partial charge in [0.15, 0.2) is 5.82 Å². The molecule has 0 heterocycles. The van der Waals surface area contributed by atoms with Crippen LogP contribution in [-0.2, 0) is 0 Å². The SMILES string of the molecule is CC(C)(C)CC(Nc1cccc(Cl)c1F)c1ccccc1. The second-order valence-electron chi connectivity index (χ2n) is 6.47. The highest BCUT2D eigenvalue weighted by molar-refractivity contribution is 6.31. The lowest BCUT2D eigenvalue weighted by Gasteiger charge is -2.28. The lowest BCUT2D eigenvalue weighted by Crippen LogP contribution is -2.19. The zero-order valence-corrected chi connectivity index (χ0v) is 13.4. The first-order valence-electron chi connectivity index (χ1n) is 7.12. The molecule has 0 amide bonds. The highest BCUT2D eigenvalue weighted by Crippen LogP contribution is 2.33. The zero-order chi connectivity index (χ0) is 15.5. The van der Waals surface area contributed by atoms with Crippen LogP contribution in [0.1, 0.15) is 38.8 Å². The Morgan fingerprint density at radius 1 is 1.05 bits per heavy atom. The van der Waals surface area contributed by atoms with Crippen LogP contribution in [0.2, 0.25) is 5.02 Å². The van der Waals surface area contributed by atoms with Gasteiger partial charge in [0.25, 0.3) is 0 Å². The van der Waals surface area contributed by atoms with E-state index in [9.17, 15) is 4.39 Å². The molecule has 1 unspecified atom stereocenters. The number of anilines is 1. The Morgan fingerprint density at radius 3 is 2.33 bits per heavy atom. The monoisotopic (exact) mass is 305 g/mol. The molecule has 0 radical (unpaired) electrons. The van der Waals surface area contributed by atoms with Gasteiger partial charge in [-0.1, -0.05) is 68.8 Å². The van der Waals surface area contributed by atoms with Gasteiger partial charge in [-0.2, -0.15) is 0 Å². The Bertz CT molecular complexity index is 590. The fourth-order valence-electron chi connectivity index (χ4n) is 2.35. The van der Waals surface area contributed by atoms with E-state index >= 15 is 0 Å². The van der Waals surface area contributed by atoms with Gasteiger partial charge in [0, 0.05) is 0 Å². The number of halogens is 2. The number of benzene rings is 2. The minimum atomic E-state index is -0.394. The maximum Gasteiger partial charge on any atom is 0.164 e. The molecule has 3 heteroatoms. The lowest BCUT2D eigenvalue weighted by molar-refractivity contribution is 0.352. The molecule has 1 atom stereocenters. The third-order valence-corrected chi connectivity index (χ3v) is 3.59. The second-order valence-corrected chi connectivity index (χ2v) is 6.88. The number of hydrogen-bond acceptors (Lipinski definition) is 1. The van der Waals surface area contributed by atoms with Crippen LogP contribution in [0.4, 0.5) is 10.1 Å². The van der Waals surface area contributed by atoms with Crippen molar-refractivity contribution in [2.75, 3.05) is 5.32 Å². The summed E-state index contributed by atoms with van der Waals surface area (Å²) >= 11 is 5.86. The maximum absolute atomic E-state index is 14.1. The highest BCUT2D eigenvalue weighted by atomic mass is 35.5. The van der Waals surface area contributed by atoms with Crippen molar-refractivity contribution in [2.24, 2.45) is 5.41 Å². The van der Waals surface area contributed by atoms with E-state index in [0.717, 1.165) is 12.0 Å². The fourth-order valence-corrected chi connectivity index (χ4v) is 2.53. The molecule has 112 valence electrons. The minimum Gasteiger partial charge on any atom is -0.376 e. The topological polar surface area (TPSA) is 12.0 Å². The van der Waals surface area contributed by atoms with Crippen LogP contribution < -0.4 is 5.32 Å². The molecule has 0 fully saturated rings. The average molecular weight is 306 g/mol. The second kappa shape index (κ2) is 6.48. The van der Waals surface area contributed by atoms with Crippen LogP contribution in [0.15, 0.2) is 48.5 Å². The summed E-state index contributed by atoms with van der Waals surface area (Å²) in [7, 11) is 0. The molecule has 1 nitrogen and oxygen atoms in total. The van der Waals surface area contributed by atoms with Crippen molar-refractivity contribution in [2.45, 2.75) is 33.2 Å². The number of nitrogens with one attached hydrogen (secondary N) is 1. The smallest absolute Gasteiger partial charge is 0.164 e. The van der Waals surface area contributed by atoms with Crippen molar-refractivity contribution in [3.8, 4) is 0 Å². The summed E-state index contributed by atoms with van der Waals surface area (Å²) in [6, 6.07) is 15.2. The zero-order valence-electron chi connectivity index (χ0n) is 12.7. The van der Waals surface area contributed by atoms with E-state index in [1.807, 2.05) is 18.2 Å². The summed E-state index contributed by atoms with van der Waals surface area (Å²) in [6.07, 6.45) is 0.892. The molecular weight excluding hydrogens is 285 g/mol. The van der Waals surface area contributed by atoms with Gasteiger partial charge >= 0.3 is 0 Å². The van der Waals surface area contributed by atoms with E-state index in [2.05, 4.69) is 38.2 Å². The Labute approximate surface area is 131 Å². The fraction of sp³-hybridized carbons (Fsp3) is 0.333. The van der Waals surface area contributed by atoms with Crippen molar-refractivity contribution >= 4 is 17.3 Å². The van der Waals surface area contributed by atoms with Crippen LogP contribution in [0, 0.1) is 11.2 Å². The normalized spacial score (nSPS) is 13.0. The van der Waals surface area contributed by atoms with Crippen molar-refractivity contribution in [3.05, 3.63) is 64.9 Å². The molecule has 2 aromatic rings. The predicted molar refractivity (Wildman–Crippen MR) is 88.3 cm³/mol. The number of rotatable bonds is 4. The summed E-state index contributed by atoms with van der Waals surface area (Å²) < 4.78 is 14.1. The van der Waals surface area contributed by atoms with Gasteiger partial charge in [0.2, 0.25) is 0 Å². The van der Waals surface area contributed by atoms with Crippen molar-refractivity contribution in [1.82, 2.24) is 0 Å². The third-order valence-electron chi connectivity index (χ3n) is 3.30. The Kier molecular flexibility index (Phi) is 4.89. The van der Waals surface area contributed by atoms with E-state index < -0.39 is 5.82 Å². The standard InChI is InChI=1S/C18H21ClFN/c1-18(2,3)12-16(13-8-5-4-6-9-13)21-15-11-7-10-14(19)17(15)20/h4-11,16,21H,12H2,1-3H3. The molecule has 0 saturated heterocycles. The molecule has 0 aliphatic heterocycles. The minimum absolute atomic E-state index is 0.0409. The summed E-state index contributed by atoms with van der Waals surface area (Å²) in [5.41, 5.74) is 1.72. The van der Waals surface area contributed by atoms with E-state index in [0.29, 0.717) is 5.69 Å². The largest absolute Gasteiger partial charge is 0.376 e. The van der Waals surface area contributed by atoms with Gasteiger partial charge in [-0.3, -0.25) is 0 Å². The third kappa shape index (κ3) is 4.47. The van der Waals surface area contributed by atoms with Crippen molar-refractivity contribution in [1.29, 1.82) is 0 Å². The van der Waals surface area contributed by atoms with E-state index in [4.69, 9.17) is 11.6 Å². The van der Waals surface area contributed by atoms with Crippen LogP contribution in [-0.4, -0.2) is 0 Å². The first kappa shape index (κ1) is 15.8. The molecule has 0 spiro atoms. The molecule has 2 rings (SSSR count). The Morgan fingerprint density at radius 2 is 1.71 bits per heavy atom. The summed E-state index contributed by atoms with van der Waals surface area (Å²) in [5.74, 6) is -0.394. The van der Waals surface area contributed by atoms with Crippen LogP contribution in [0.5, 0.6) is 0 Å². The van der Waals surface area contributed by atoms with Crippen LogP contribution in [0.3, 0.4) is 0 Å². The van der Waals surface area contributed by atoms with Gasteiger partial charge < -0.3 is 5.32 Å². The van der Waals surface area contributed by atoms with Gasteiger partial charge in [-0.25, -0.2) is 4.39 Å². The first-order chi connectivity index (χ1) is 9.87. The highest BCUT2D eigenvalue weighted by Gasteiger charge is 2.21. The van der Waals surface area contributed by atoms with Gasteiger partial charge in [-0.05, 0) is 29.5 Å². The molecule has 0 aliphatic carbocycles. The predicted octanol–water partition coefficient (Wildman–Crippen LogP) is 6.07. The maximum atomic E-state index is 14.1. The van der Waals surface area contributed by atoms with E-state index in [1.165, 1.54) is 0 Å². The summed E-state index contributed by atoms with van der Waals surface area (Å²) in [5, 5.41) is 3.44. The molecule has 0 aliphatic rings. The van der Waals surface area contributed by atoms with Gasteiger partial charge in [0.1, 0.15) is 0 Å². The van der Waals surface area contributed by atoms with Crippen LogP contribution >= 0.6 is 11.6 Å². The number of hydrogen-bond donors (Lipinski definition) is 1. The molecular formula is C18H21ClFN. The molecule has 21 heavy (non-hydrogen) atoms.